The zero-order valence-corrected chi connectivity index (χ0v) is 18.7. The number of aliphatic hydroxyl groups is 1. The van der Waals surface area contributed by atoms with E-state index >= 15 is 0 Å². The van der Waals surface area contributed by atoms with Crippen molar-refractivity contribution in [3.8, 4) is 0 Å². The minimum atomic E-state index is -1.08. The fourth-order valence-electron chi connectivity index (χ4n) is 7.97. The summed E-state index contributed by atoms with van der Waals surface area (Å²) < 4.78 is 0.382. The van der Waals surface area contributed by atoms with Crippen molar-refractivity contribution >= 4 is 29.3 Å². The van der Waals surface area contributed by atoms with Crippen LogP contribution >= 0.6 is 23.5 Å². The number of fused-ring (bicyclic) bond motifs is 5. The Hall–Kier alpha value is 0.0700. The smallest absolute Gasteiger partial charge is 0.161 e. The summed E-state index contributed by atoms with van der Waals surface area (Å²) in [4.78, 5) is 12.4. The summed E-state index contributed by atoms with van der Waals surface area (Å²) >= 11 is 4.37. The minimum absolute atomic E-state index is 0.00319. The van der Waals surface area contributed by atoms with Gasteiger partial charge in [-0.3, -0.25) is 4.79 Å². The van der Waals surface area contributed by atoms with Gasteiger partial charge in [0.15, 0.2) is 5.78 Å². The van der Waals surface area contributed by atoms with Crippen LogP contribution in [0.4, 0.5) is 0 Å². The van der Waals surface area contributed by atoms with Crippen molar-refractivity contribution in [2.45, 2.75) is 81.8 Å². The lowest BCUT2D eigenvalue weighted by atomic mass is 9.46. The molecule has 0 bridgehead atoms. The molecule has 4 aliphatic carbocycles. The predicted molar refractivity (Wildman–Crippen MR) is 115 cm³/mol. The number of carbonyl (C=O) groups is 1. The highest BCUT2D eigenvalue weighted by molar-refractivity contribution is 8.21. The average molecular weight is 407 g/mol. The van der Waals surface area contributed by atoms with E-state index in [-0.39, 0.29) is 11.2 Å². The predicted octanol–water partition coefficient (Wildman–Crippen LogP) is 5.45. The maximum absolute atomic E-state index is 12.4. The molecule has 1 N–H and O–H groups in total. The van der Waals surface area contributed by atoms with E-state index in [1.54, 1.807) is 12.5 Å². The van der Waals surface area contributed by atoms with Crippen molar-refractivity contribution in [3.05, 3.63) is 11.6 Å². The minimum Gasteiger partial charge on any atom is -0.382 e. The molecule has 6 atom stereocenters. The largest absolute Gasteiger partial charge is 0.382 e. The summed E-state index contributed by atoms with van der Waals surface area (Å²) in [6.07, 6.45) is 11.8. The zero-order chi connectivity index (χ0) is 19.1. The van der Waals surface area contributed by atoms with Crippen LogP contribution in [0.2, 0.25) is 0 Å². The van der Waals surface area contributed by atoms with E-state index in [0.29, 0.717) is 27.8 Å². The second-order valence-corrected chi connectivity index (χ2v) is 13.5. The lowest BCUT2D eigenvalue weighted by Gasteiger charge is -2.59. The maximum atomic E-state index is 12.4. The third kappa shape index (κ3) is 2.42. The average Bonchev–Trinajstić information content (AvgIpc) is 3.19. The summed E-state index contributed by atoms with van der Waals surface area (Å²) in [5.74, 6) is 4.58. The van der Waals surface area contributed by atoms with Crippen molar-refractivity contribution < 1.29 is 9.90 Å². The third-order valence-electron chi connectivity index (χ3n) is 9.63. The van der Waals surface area contributed by atoms with Crippen LogP contribution in [0.15, 0.2) is 11.6 Å². The SMILES string of the molecule is CC(=O)[C@@]1(O)CCC2C3CCC4=CC5(CC[C@]4(C)C3CC[C@@]21C)SCCS5. The van der Waals surface area contributed by atoms with Gasteiger partial charge in [0.25, 0.3) is 0 Å². The molecule has 3 unspecified atom stereocenters. The van der Waals surface area contributed by atoms with E-state index in [4.69, 9.17) is 0 Å². The number of hydrogen-bond donors (Lipinski definition) is 1. The first-order valence-corrected chi connectivity index (χ1v) is 12.9. The van der Waals surface area contributed by atoms with Gasteiger partial charge in [0.1, 0.15) is 5.60 Å². The lowest BCUT2D eigenvalue weighted by Crippen LogP contribution is -2.57. The molecule has 0 radical (unpaired) electrons. The molecule has 1 spiro atoms. The monoisotopic (exact) mass is 406 g/mol. The molecule has 1 saturated heterocycles. The highest BCUT2D eigenvalue weighted by Crippen LogP contribution is 2.69. The van der Waals surface area contributed by atoms with Gasteiger partial charge in [-0.05, 0) is 81.5 Å². The number of thioether (sulfide) groups is 2. The van der Waals surface area contributed by atoms with Crippen LogP contribution in [0.3, 0.4) is 0 Å². The molecule has 5 rings (SSSR count). The van der Waals surface area contributed by atoms with Gasteiger partial charge in [-0.15, -0.1) is 23.5 Å². The van der Waals surface area contributed by atoms with Crippen LogP contribution in [-0.2, 0) is 4.79 Å². The molecular formula is C23H34O2S2. The Balaban J connectivity index is 1.47. The van der Waals surface area contributed by atoms with Crippen molar-refractivity contribution in [1.29, 1.82) is 0 Å². The summed E-state index contributed by atoms with van der Waals surface area (Å²) in [7, 11) is 0. The Morgan fingerprint density at radius 1 is 1.04 bits per heavy atom. The molecule has 0 amide bonds. The van der Waals surface area contributed by atoms with Crippen LogP contribution < -0.4 is 0 Å². The van der Waals surface area contributed by atoms with Crippen LogP contribution in [0, 0.1) is 28.6 Å². The van der Waals surface area contributed by atoms with Crippen LogP contribution in [0.1, 0.15) is 72.1 Å². The fourth-order valence-corrected chi connectivity index (χ4v) is 11.1. The number of Topliss-reactive ketones (excluding diaryl/α,β-unsaturated/α-hetero) is 1. The molecule has 5 aliphatic rings. The quantitative estimate of drug-likeness (QED) is 0.588. The van der Waals surface area contributed by atoms with Crippen molar-refractivity contribution in [2.24, 2.45) is 28.6 Å². The maximum Gasteiger partial charge on any atom is 0.161 e. The first kappa shape index (κ1) is 19.1. The summed E-state index contributed by atoms with van der Waals surface area (Å²) in [6.45, 7) is 6.40. The molecule has 0 aromatic rings. The Bertz CT molecular complexity index is 696. The van der Waals surface area contributed by atoms with Gasteiger partial charge in [0.2, 0.25) is 0 Å². The normalized spacial score (nSPS) is 50.7. The molecule has 3 saturated carbocycles. The Labute approximate surface area is 172 Å². The summed E-state index contributed by atoms with van der Waals surface area (Å²) in [5.41, 5.74) is 0.828. The van der Waals surface area contributed by atoms with Crippen LogP contribution in [0.25, 0.3) is 0 Å². The molecular weight excluding hydrogens is 372 g/mol. The van der Waals surface area contributed by atoms with Gasteiger partial charge in [-0.1, -0.05) is 25.5 Å². The Kier molecular flexibility index (Phi) is 4.27. The molecule has 0 aromatic carbocycles. The molecule has 2 nitrogen and oxygen atoms in total. The summed E-state index contributed by atoms with van der Waals surface area (Å²) in [5, 5.41) is 11.3. The molecule has 27 heavy (non-hydrogen) atoms. The van der Waals surface area contributed by atoms with Gasteiger partial charge in [-0.25, -0.2) is 0 Å². The third-order valence-corrected chi connectivity index (χ3v) is 13.0. The molecule has 1 heterocycles. The molecule has 4 fully saturated rings. The van der Waals surface area contributed by atoms with E-state index in [0.717, 1.165) is 18.8 Å². The number of allylic oxidation sites excluding steroid dienone is 1. The molecule has 150 valence electrons. The van der Waals surface area contributed by atoms with Crippen molar-refractivity contribution in [3.63, 3.8) is 0 Å². The second-order valence-electron chi connectivity index (χ2n) is 10.4. The first-order valence-electron chi connectivity index (χ1n) is 11.0. The van der Waals surface area contributed by atoms with Gasteiger partial charge in [0, 0.05) is 16.9 Å². The Morgan fingerprint density at radius 3 is 2.44 bits per heavy atom. The molecule has 0 aromatic heterocycles. The van der Waals surface area contributed by atoms with E-state index in [1.165, 1.54) is 43.6 Å². The summed E-state index contributed by atoms with van der Waals surface area (Å²) in [6, 6.07) is 0. The fraction of sp³-hybridized carbons (Fsp3) is 0.870. The molecule has 4 heteroatoms. The molecule has 1 aliphatic heterocycles. The van der Waals surface area contributed by atoms with Crippen LogP contribution in [-0.4, -0.2) is 32.1 Å². The van der Waals surface area contributed by atoms with Crippen molar-refractivity contribution in [2.75, 3.05) is 11.5 Å². The highest BCUT2D eigenvalue weighted by atomic mass is 32.2. The van der Waals surface area contributed by atoms with Gasteiger partial charge in [-0.2, -0.15) is 0 Å². The van der Waals surface area contributed by atoms with Crippen LogP contribution in [0.5, 0.6) is 0 Å². The van der Waals surface area contributed by atoms with Gasteiger partial charge in [0.05, 0.1) is 4.08 Å². The number of carbonyl (C=O) groups excluding carboxylic acids is 1. The first-order chi connectivity index (χ1) is 12.7. The number of rotatable bonds is 1. The topological polar surface area (TPSA) is 37.3 Å². The van der Waals surface area contributed by atoms with E-state index in [9.17, 15) is 9.90 Å². The Morgan fingerprint density at radius 2 is 1.74 bits per heavy atom. The lowest BCUT2D eigenvalue weighted by molar-refractivity contribution is -0.159. The van der Waals surface area contributed by atoms with E-state index in [2.05, 4.69) is 43.4 Å². The van der Waals surface area contributed by atoms with Gasteiger partial charge < -0.3 is 5.11 Å². The van der Waals surface area contributed by atoms with Gasteiger partial charge >= 0.3 is 0 Å². The standard InChI is InChI=1S/C23H34O2S2/c1-15(24)23(25)9-7-19-17-5-4-16-14-22(26-12-13-27-22)11-10-20(16,2)18(17)6-8-21(19,23)3/h14,17-19,25H,4-13H2,1-3H3/t17?,18?,19?,20-,21-,23-/m0/s1. The van der Waals surface area contributed by atoms with E-state index < -0.39 is 5.60 Å². The highest BCUT2D eigenvalue weighted by Gasteiger charge is 2.65. The number of hydrogen-bond acceptors (Lipinski definition) is 4. The van der Waals surface area contributed by atoms with Crippen molar-refractivity contribution in [1.82, 2.24) is 0 Å². The second kappa shape index (κ2) is 6.04. The van der Waals surface area contributed by atoms with E-state index in [1.807, 2.05) is 0 Å². The zero-order valence-electron chi connectivity index (χ0n) is 17.1. The number of ketones is 1.